The van der Waals surface area contributed by atoms with Crippen molar-refractivity contribution in [1.82, 2.24) is 14.6 Å². The number of carboxylic acid groups (broad SMARTS) is 1. The summed E-state index contributed by atoms with van der Waals surface area (Å²) in [5, 5.41) is 13.2. The number of amides is 1. The molecule has 0 aliphatic carbocycles. The van der Waals surface area contributed by atoms with Gasteiger partial charge >= 0.3 is 5.97 Å². The SMILES string of the molecule is CCC(C)C.NC(=O)c1ccc(-c2c(Cl)nc3c(C(=O)O)cnn3c2N)c(Cl)c1. The Bertz CT molecular complexity index is 1080. The highest BCUT2D eigenvalue weighted by molar-refractivity contribution is 6.36. The average molecular weight is 438 g/mol. The number of hydrogen-bond acceptors (Lipinski definition) is 5. The number of carbonyl (C=O) groups excluding carboxylic acids is 1. The number of rotatable bonds is 4. The van der Waals surface area contributed by atoms with Crippen LogP contribution in [-0.2, 0) is 0 Å². The Morgan fingerprint density at radius 3 is 2.38 bits per heavy atom. The molecular formula is C19H21Cl2N5O3. The Balaban J connectivity index is 0.000000537. The van der Waals surface area contributed by atoms with Crippen LogP contribution in [-0.4, -0.2) is 31.6 Å². The maximum absolute atomic E-state index is 11.2. The molecule has 0 saturated carbocycles. The molecule has 10 heteroatoms. The van der Waals surface area contributed by atoms with Gasteiger partial charge in [-0.3, -0.25) is 4.79 Å². The number of halogens is 2. The van der Waals surface area contributed by atoms with Crippen molar-refractivity contribution in [2.45, 2.75) is 27.2 Å². The Hall–Kier alpha value is -2.84. The lowest BCUT2D eigenvalue weighted by Crippen LogP contribution is -2.11. The van der Waals surface area contributed by atoms with Crippen LogP contribution in [0.2, 0.25) is 10.2 Å². The zero-order valence-electron chi connectivity index (χ0n) is 16.1. The van der Waals surface area contributed by atoms with Gasteiger partial charge < -0.3 is 16.6 Å². The van der Waals surface area contributed by atoms with E-state index < -0.39 is 11.9 Å². The molecule has 3 aromatic rings. The molecule has 0 unspecified atom stereocenters. The van der Waals surface area contributed by atoms with Crippen LogP contribution in [0, 0.1) is 5.92 Å². The molecule has 8 nitrogen and oxygen atoms in total. The summed E-state index contributed by atoms with van der Waals surface area (Å²) in [4.78, 5) is 26.4. The van der Waals surface area contributed by atoms with E-state index in [0.29, 0.717) is 5.56 Å². The number of fused-ring (bicyclic) bond motifs is 1. The second kappa shape index (κ2) is 9.11. The first-order chi connectivity index (χ1) is 13.6. The van der Waals surface area contributed by atoms with Gasteiger partial charge in [-0.1, -0.05) is 56.5 Å². The molecule has 0 radical (unpaired) electrons. The number of primary amides is 1. The highest BCUT2D eigenvalue weighted by atomic mass is 35.5. The molecule has 0 atom stereocenters. The summed E-state index contributed by atoms with van der Waals surface area (Å²) in [6.07, 6.45) is 2.43. The van der Waals surface area contributed by atoms with Crippen LogP contribution in [0.3, 0.4) is 0 Å². The zero-order valence-corrected chi connectivity index (χ0v) is 17.6. The summed E-state index contributed by atoms with van der Waals surface area (Å²) < 4.78 is 1.16. The minimum Gasteiger partial charge on any atom is -0.477 e. The molecule has 5 N–H and O–H groups in total. The lowest BCUT2D eigenvalue weighted by molar-refractivity contribution is 0.0698. The number of carbonyl (C=O) groups is 2. The quantitative estimate of drug-likeness (QED) is 0.524. The average Bonchev–Trinajstić information content (AvgIpc) is 3.07. The van der Waals surface area contributed by atoms with Crippen LogP contribution in [0.25, 0.3) is 16.8 Å². The molecule has 2 aromatic heterocycles. The predicted molar refractivity (Wildman–Crippen MR) is 113 cm³/mol. The maximum atomic E-state index is 11.2. The molecule has 0 aliphatic rings. The van der Waals surface area contributed by atoms with Gasteiger partial charge in [0, 0.05) is 16.1 Å². The van der Waals surface area contributed by atoms with Crippen LogP contribution in [0.1, 0.15) is 47.9 Å². The summed E-state index contributed by atoms with van der Waals surface area (Å²) in [7, 11) is 0. The highest BCUT2D eigenvalue weighted by Gasteiger charge is 2.21. The molecule has 0 saturated heterocycles. The minimum atomic E-state index is -1.20. The van der Waals surface area contributed by atoms with Crippen LogP contribution in [0.4, 0.5) is 5.82 Å². The summed E-state index contributed by atoms with van der Waals surface area (Å²) in [5.41, 5.74) is 12.0. The van der Waals surface area contributed by atoms with Crippen molar-refractivity contribution in [3.63, 3.8) is 0 Å². The number of aromatic carboxylic acids is 1. The van der Waals surface area contributed by atoms with Crippen LogP contribution in [0.15, 0.2) is 24.4 Å². The van der Waals surface area contributed by atoms with E-state index in [-0.39, 0.29) is 38.3 Å². The lowest BCUT2D eigenvalue weighted by atomic mass is 10.1. The first-order valence-electron chi connectivity index (χ1n) is 8.74. The van der Waals surface area contributed by atoms with E-state index in [1.807, 2.05) is 0 Å². The molecule has 0 aliphatic heterocycles. The number of aromatic nitrogens is 3. The Morgan fingerprint density at radius 2 is 1.90 bits per heavy atom. The van der Waals surface area contributed by atoms with Gasteiger partial charge in [-0.15, -0.1) is 0 Å². The summed E-state index contributed by atoms with van der Waals surface area (Å²) in [5.74, 6) is -0.889. The second-order valence-corrected chi connectivity index (χ2v) is 7.39. The van der Waals surface area contributed by atoms with Crippen molar-refractivity contribution in [3.05, 3.63) is 45.7 Å². The van der Waals surface area contributed by atoms with Gasteiger partial charge in [-0.2, -0.15) is 9.61 Å². The van der Waals surface area contributed by atoms with Crippen molar-refractivity contribution in [2.24, 2.45) is 11.7 Å². The first-order valence-corrected chi connectivity index (χ1v) is 9.49. The molecule has 0 fully saturated rings. The smallest absolute Gasteiger partial charge is 0.341 e. The number of nitrogens with two attached hydrogens (primary N) is 2. The zero-order chi connectivity index (χ0) is 21.9. The second-order valence-electron chi connectivity index (χ2n) is 6.62. The van der Waals surface area contributed by atoms with Crippen molar-refractivity contribution in [3.8, 4) is 11.1 Å². The van der Waals surface area contributed by atoms with E-state index in [4.69, 9.17) is 39.8 Å². The van der Waals surface area contributed by atoms with Gasteiger partial charge in [0.25, 0.3) is 0 Å². The molecule has 2 heterocycles. The van der Waals surface area contributed by atoms with Crippen LogP contribution in [0.5, 0.6) is 0 Å². The van der Waals surface area contributed by atoms with Crippen LogP contribution < -0.4 is 11.5 Å². The van der Waals surface area contributed by atoms with Crippen molar-refractivity contribution in [2.75, 3.05) is 5.73 Å². The molecule has 1 aromatic carbocycles. The molecule has 154 valence electrons. The van der Waals surface area contributed by atoms with Gasteiger partial charge in [-0.05, 0) is 18.1 Å². The molecular weight excluding hydrogens is 417 g/mol. The Morgan fingerprint density at radius 1 is 1.28 bits per heavy atom. The maximum Gasteiger partial charge on any atom is 0.341 e. The summed E-state index contributed by atoms with van der Waals surface area (Å²) in [6, 6.07) is 4.37. The topological polar surface area (TPSA) is 137 Å². The minimum absolute atomic E-state index is 0.0126. The molecule has 3 rings (SSSR count). The van der Waals surface area contributed by atoms with E-state index in [1.165, 1.54) is 24.6 Å². The van der Waals surface area contributed by atoms with E-state index in [1.54, 1.807) is 0 Å². The number of hydrogen-bond donors (Lipinski definition) is 3. The van der Waals surface area contributed by atoms with Crippen LogP contribution >= 0.6 is 23.2 Å². The summed E-state index contributed by atoms with van der Waals surface area (Å²) in [6.45, 7) is 6.64. The van der Waals surface area contributed by atoms with Gasteiger partial charge in [0.2, 0.25) is 5.91 Å². The molecule has 0 spiro atoms. The third kappa shape index (κ3) is 4.78. The Kier molecular flexibility index (Phi) is 7.05. The standard InChI is InChI=1S/C14H9Cl2N5O3.C5H12/c15-8-3-5(12(18)22)1-2-6(8)9-10(16)20-13-7(14(23)24)4-19-21(13)11(9)17;1-4-5(2)3/h1-4H,17H2,(H2,18,22)(H,23,24);5H,4H2,1-3H3. The van der Waals surface area contributed by atoms with Crippen molar-refractivity contribution in [1.29, 1.82) is 0 Å². The largest absolute Gasteiger partial charge is 0.477 e. The molecule has 29 heavy (non-hydrogen) atoms. The first kappa shape index (κ1) is 22.4. The molecule has 0 bridgehead atoms. The van der Waals surface area contributed by atoms with Gasteiger partial charge in [0.05, 0.1) is 11.8 Å². The van der Waals surface area contributed by atoms with E-state index >= 15 is 0 Å². The summed E-state index contributed by atoms with van der Waals surface area (Å²) >= 11 is 12.4. The third-order valence-electron chi connectivity index (χ3n) is 4.21. The van der Waals surface area contributed by atoms with Crippen molar-refractivity contribution >= 4 is 46.5 Å². The number of nitrogens with zero attached hydrogens (tertiary/aromatic N) is 3. The normalized spacial score (nSPS) is 10.7. The monoisotopic (exact) mass is 437 g/mol. The van der Waals surface area contributed by atoms with Gasteiger partial charge in [0.1, 0.15) is 16.5 Å². The Labute approximate surface area is 177 Å². The lowest BCUT2D eigenvalue weighted by Gasteiger charge is -2.12. The van der Waals surface area contributed by atoms with E-state index in [9.17, 15) is 9.59 Å². The fraction of sp³-hybridized carbons (Fsp3) is 0.263. The van der Waals surface area contributed by atoms with Gasteiger partial charge in [-0.25, -0.2) is 9.78 Å². The number of carboxylic acids is 1. The van der Waals surface area contributed by atoms with Crippen molar-refractivity contribution < 1.29 is 14.7 Å². The van der Waals surface area contributed by atoms with E-state index in [2.05, 4.69) is 30.9 Å². The highest BCUT2D eigenvalue weighted by Crippen LogP contribution is 2.37. The number of benzene rings is 1. The fourth-order valence-electron chi connectivity index (χ4n) is 2.26. The molecule has 1 amide bonds. The third-order valence-corrected chi connectivity index (χ3v) is 4.79. The number of nitrogen functional groups attached to an aromatic ring is 1. The number of anilines is 1. The van der Waals surface area contributed by atoms with E-state index in [0.717, 1.165) is 16.6 Å². The predicted octanol–water partition coefficient (Wildman–Crippen LogP) is 4.13. The van der Waals surface area contributed by atoms with Gasteiger partial charge in [0.15, 0.2) is 5.65 Å². The fourth-order valence-corrected chi connectivity index (χ4v) is 2.81.